The average Bonchev–Trinajstić information content (AvgIpc) is 2.83. The molecule has 0 unspecified atom stereocenters. The third kappa shape index (κ3) is 5.24. The summed E-state index contributed by atoms with van der Waals surface area (Å²) in [5.41, 5.74) is 2.89. The molecule has 0 atom stereocenters. The molecule has 4 aromatic rings. The number of carbonyl (C=O) groups excluding carboxylic acids is 1. The zero-order valence-corrected chi connectivity index (χ0v) is 19.1. The first kappa shape index (κ1) is 22.6. The van der Waals surface area contributed by atoms with E-state index in [4.69, 9.17) is 0 Å². The van der Waals surface area contributed by atoms with Crippen LogP contribution in [0.2, 0.25) is 0 Å². The second kappa shape index (κ2) is 9.48. The highest BCUT2D eigenvalue weighted by Gasteiger charge is 2.17. The lowest BCUT2D eigenvalue weighted by Crippen LogP contribution is -2.27. The number of hydrogen-bond acceptors (Lipinski definition) is 5. The lowest BCUT2D eigenvalue weighted by Gasteiger charge is -2.12. The van der Waals surface area contributed by atoms with Crippen LogP contribution in [0.3, 0.4) is 0 Å². The molecular formula is C25H24N4O3S. The Morgan fingerprint density at radius 3 is 2.36 bits per heavy atom. The summed E-state index contributed by atoms with van der Waals surface area (Å²) in [4.78, 5) is 22.3. The normalized spacial score (nSPS) is 11.6. The van der Waals surface area contributed by atoms with E-state index in [0.717, 1.165) is 0 Å². The Hall–Kier alpha value is -3.62. The Labute approximate surface area is 193 Å². The van der Waals surface area contributed by atoms with E-state index >= 15 is 0 Å². The first-order valence-corrected chi connectivity index (χ1v) is 12.0. The Kier molecular flexibility index (Phi) is 6.48. The predicted molar refractivity (Wildman–Crippen MR) is 129 cm³/mol. The maximum Gasteiger partial charge on any atom is 0.256 e. The first-order chi connectivity index (χ1) is 15.8. The second-order valence-corrected chi connectivity index (χ2v) is 9.78. The summed E-state index contributed by atoms with van der Waals surface area (Å²) in [6.45, 7) is 4.22. The number of amides is 1. The molecule has 7 nitrogen and oxygen atoms in total. The molecule has 2 aromatic carbocycles. The summed E-state index contributed by atoms with van der Waals surface area (Å²) in [7, 11) is -3.60. The molecule has 33 heavy (non-hydrogen) atoms. The van der Waals surface area contributed by atoms with E-state index in [2.05, 4.69) is 20.0 Å². The number of nitrogens with one attached hydrogen (secondary N) is 2. The molecule has 0 saturated heterocycles. The summed E-state index contributed by atoms with van der Waals surface area (Å²) in [5, 5.41) is 3.57. The summed E-state index contributed by atoms with van der Waals surface area (Å²) in [6, 6.07) is 20.7. The Morgan fingerprint density at radius 2 is 1.67 bits per heavy atom. The maximum atomic E-state index is 13.2. The van der Waals surface area contributed by atoms with E-state index in [9.17, 15) is 13.2 Å². The molecule has 0 bridgehead atoms. The van der Waals surface area contributed by atoms with E-state index < -0.39 is 10.0 Å². The van der Waals surface area contributed by atoms with Gasteiger partial charge in [-0.25, -0.2) is 18.1 Å². The van der Waals surface area contributed by atoms with Crippen LogP contribution in [0.15, 0.2) is 83.9 Å². The van der Waals surface area contributed by atoms with Crippen molar-refractivity contribution in [1.29, 1.82) is 0 Å². The van der Waals surface area contributed by atoms with Gasteiger partial charge in [-0.1, -0.05) is 38.1 Å². The van der Waals surface area contributed by atoms with Crippen molar-refractivity contribution in [3.63, 3.8) is 0 Å². The zero-order chi connectivity index (χ0) is 23.4. The van der Waals surface area contributed by atoms with Gasteiger partial charge in [0.05, 0.1) is 27.4 Å². The number of para-hydroxylation sites is 1. The first-order valence-electron chi connectivity index (χ1n) is 10.6. The monoisotopic (exact) mass is 460 g/mol. The van der Waals surface area contributed by atoms with Gasteiger partial charge in [0.15, 0.2) is 0 Å². The molecular weight excluding hydrogens is 436 g/mol. The highest BCUT2D eigenvalue weighted by molar-refractivity contribution is 7.89. The molecule has 0 aliphatic heterocycles. The predicted octanol–water partition coefficient (Wildman–Crippen LogP) is 4.48. The molecule has 1 amide bonds. The Balaban J connectivity index is 1.62. The highest BCUT2D eigenvalue weighted by Crippen LogP contribution is 2.25. The number of pyridine rings is 2. The van der Waals surface area contributed by atoms with Gasteiger partial charge in [0.1, 0.15) is 0 Å². The fourth-order valence-electron chi connectivity index (χ4n) is 3.28. The van der Waals surface area contributed by atoms with Crippen molar-refractivity contribution in [1.82, 2.24) is 14.7 Å². The van der Waals surface area contributed by atoms with Gasteiger partial charge in [-0.15, -0.1) is 0 Å². The van der Waals surface area contributed by atoms with E-state index in [1.807, 2.05) is 56.3 Å². The van der Waals surface area contributed by atoms with Crippen molar-refractivity contribution in [2.45, 2.75) is 18.7 Å². The Morgan fingerprint density at radius 1 is 0.939 bits per heavy atom. The number of fused-ring (bicyclic) bond motifs is 1. The van der Waals surface area contributed by atoms with E-state index in [1.165, 1.54) is 12.1 Å². The SMILES string of the molecule is CC(C)CNS(=O)(=O)c1ccc(NC(=O)c2cc(-c3ccccn3)nc3ccccc23)cc1. The van der Waals surface area contributed by atoms with Crippen LogP contribution < -0.4 is 10.0 Å². The van der Waals surface area contributed by atoms with Crippen molar-refractivity contribution < 1.29 is 13.2 Å². The van der Waals surface area contributed by atoms with Crippen LogP contribution >= 0.6 is 0 Å². The minimum Gasteiger partial charge on any atom is -0.322 e. The lowest BCUT2D eigenvalue weighted by molar-refractivity contribution is 0.102. The van der Waals surface area contributed by atoms with Gasteiger partial charge >= 0.3 is 0 Å². The largest absolute Gasteiger partial charge is 0.322 e. The fraction of sp³-hybridized carbons (Fsp3) is 0.160. The smallest absolute Gasteiger partial charge is 0.256 e. The fourth-order valence-corrected chi connectivity index (χ4v) is 4.50. The molecule has 2 aromatic heterocycles. The van der Waals surface area contributed by atoms with Crippen LogP contribution in [0.5, 0.6) is 0 Å². The molecule has 4 rings (SSSR count). The van der Waals surface area contributed by atoms with Crippen LogP contribution in [0.4, 0.5) is 5.69 Å². The number of carbonyl (C=O) groups is 1. The molecule has 2 heterocycles. The Bertz CT molecular complexity index is 1390. The summed E-state index contributed by atoms with van der Waals surface area (Å²) >= 11 is 0. The number of hydrogen-bond donors (Lipinski definition) is 2. The van der Waals surface area contributed by atoms with E-state index in [1.54, 1.807) is 24.4 Å². The highest BCUT2D eigenvalue weighted by atomic mass is 32.2. The molecule has 0 spiro atoms. The van der Waals surface area contributed by atoms with Crippen LogP contribution in [0.1, 0.15) is 24.2 Å². The van der Waals surface area contributed by atoms with Crippen molar-refractivity contribution >= 4 is 32.5 Å². The van der Waals surface area contributed by atoms with Crippen molar-refractivity contribution in [2.24, 2.45) is 5.92 Å². The number of benzene rings is 2. The van der Waals surface area contributed by atoms with E-state index in [-0.39, 0.29) is 16.7 Å². The molecule has 168 valence electrons. The molecule has 0 aliphatic rings. The van der Waals surface area contributed by atoms with Crippen molar-refractivity contribution in [2.75, 3.05) is 11.9 Å². The average molecular weight is 461 g/mol. The van der Waals surface area contributed by atoms with Gasteiger partial charge in [0.2, 0.25) is 10.0 Å². The molecule has 8 heteroatoms. The van der Waals surface area contributed by atoms with Gasteiger partial charge in [-0.2, -0.15) is 0 Å². The van der Waals surface area contributed by atoms with Crippen LogP contribution in [0.25, 0.3) is 22.3 Å². The number of sulfonamides is 1. The molecule has 2 N–H and O–H groups in total. The lowest BCUT2D eigenvalue weighted by atomic mass is 10.1. The number of nitrogens with zero attached hydrogens (tertiary/aromatic N) is 2. The zero-order valence-electron chi connectivity index (χ0n) is 18.3. The minimum atomic E-state index is -3.60. The number of aromatic nitrogens is 2. The minimum absolute atomic E-state index is 0.146. The second-order valence-electron chi connectivity index (χ2n) is 8.01. The number of rotatable bonds is 7. The molecule has 0 radical (unpaired) electrons. The van der Waals surface area contributed by atoms with Gasteiger partial charge < -0.3 is 5.32 Å². The van der Waals surface area contributed by atoms with E-state index in [0.29, 0.717) is 40.1 Å². The van der Waals surface area contributed by atoms with Gasteiger partial charge in [0.25, 0.3) is 5.91 Å². The number of anilines is 1. The van der Waals surface area contributed by atoms with Crippen LogP contribution in [-0.2, 0) is 10.0 Å². The van der Waals surface area contributed by atoms with Crippen molar-refractivity contribution in [3.05, 3.63) is 84.6 Å². The molecule has 0 aliphatic carbocycles. The third-order valence-electron chi connectivity index (χ3n) is 4.99. The van der Waals surface area contributed by atoms with Crippen LogP contribution in [-0.4, -0.2) is 30.8 Å². The van der Waals surface area contributed by atoms with Gasteiger partial charge in [-0.05, 0) is 54.4 Å². The van der Waals surface area contributed by atoms with Gasteiger partial charge in [-0.3, -0.25) is 9.78 Å². The summed E-state index contributed by atoms with van der Waals surface area (Å²) in [6.07, 6.45) is 1.68. The summed E-state index contributed by atoms with van der Waals surface area (Å²) in [5.74, 6) is -0.121. The standard InChI is InChI=1S/C25H24N4O3S/c1-17(2)16-27-33(31,32)19-12-10-18(11-13-19)28-25(30)21-15-24(23-9-5-6-14-26-23)29-22-8-4-3-7-20(21)22/h3-15,17,27H,16H2,1-2H3,(H,28,30). The van der Waals surface area contributed by atoms with Crippen molar-refractivity contribution in [3.8, 4) is 11.4 Å². The third-order valence-corrected chi connectivity index (χ3v) is 6.43. The topological polar surface area (TPSA) is 101 Å². The van der Waals surface area contributed by atoms with Crippen LogP contribution in [0, 0.1) is 5.92 Å². The molecule has 0 fully saturated rings. The maximum absolute atomic E-state index is 13.2. The van der Waals surface area contributed by atoms with Gasteiger partial charge in [0, 0.05) is 23.8 Å². The summed E-state index contributed by atoms with van der Waals surface area (Å²) < 4.78 is 27.4. The quantitative estimate of drug-likeness (QED) is 0.423. The molecule has 0 saturated carbocycles.